The summed E-state index contributed by atoms with van der Waals surface area (Å²) in [6.07, 6.45) is 3.67. The Labute approximate surface area is 104 Å². The van der Waals surface area contributed by atoms with Gasteiger partial charge in [-0.3, -0.25) is 5.43 Å². The molecule has 1 aliphatic carbocycles. The molecule has 0 aromatic rings. The van der Waals surface area contributed by atoms with Crippen molar-refractivity contribution in [1.82, 2.24) is 10.7 Å². The smallest absolute Gasteiger partial charge is 0.186 e. The van der Waals surface area contributed by atoms with Gasteiger partial charge in [0.1, 0.15) is 0 Å². The summed E-state index contributed by atoms with van der Waals surface area (Å²) in [6, 6.07) is 0. The molecule has 0 aliphatic heterocycles. The van der Waals surface area contributed by atoms with E-state index in [-0.39, 0.29) is 0 Å². The molecule has 0 radical (unpaired) electrons. The Balaban J connectivity index is 2.67. The van der Waals surface area contributed by atoms with E-state index in [1.807, 2.05) is 0 Å². The topological polar surface area (TPSA) is 36.4 Å². The van der Waals surface area contributed by atoms with Crippen LogP contribution in [0.2, 0.25) is 0 Å². The lowest BCUT2D eigenvalue weighted by Crippen LogP contribution is -2.33. The molecule has 0 aromatic heterocycles. The zero-order chi connectivity index (χ0) is 12.1. The Morgan fingerprint density at radius 1 is 1.44 bits per heavy atom. The second-order valence-electron chi connectivity index (χ2n) is 5.03. The SMILES string of the molecule is CNC(=S)N/N=C1/C[C@H](C)CC[C@H]1C(C)C. The van der Waals surface area contributed by atoms with Gasteiger partial charge in [0.25, 0.3) is 0 Å². The Bertz CT molecular complexity index is 273. The minimum Gasteiger partial charge on any atom is -0.364 e. The number of thiocarbonyl (C=S) groups is 1. The molecule has 2 atom stereocenters. The van der Waals surface area contributed by atoms with Gasteiger partial charge in [-0.15, -0.1) is 0 Å². The summed E-state index contributed by atoms with van der Waals surface area (Å²) in [6.45, 7) is 6.83. The summed E-state index contributed by atoms with van der Waals surface area (Å²) in [5, 5.41) is 7.93. The molecule has 1 fully saturated rings. The highest BCUT2D eigenvalue weighted by Crippen LogP contribution is 2.31. The second-order valence-corrected chi connectivity index (χ2v) is 5.44. The second kappa shape index (κ2) is 6.18. The first-order valence-electron chi connectivity index (χ1n) is 6.08. The predicted molar refractivity (Wildman–Crippen MR) is 73.6 cm³/mol. The molecule has 1 saturated carbocycles. The van der Waals surface area contributed by atoms with E-state index in [0.29, 0.717) is 16.9 Å². The summed E-state index contributed by atoms with van der Waals surface area (Å²) in [5.41, 5.74) is 4.20. The highest BCUT2D eigenvalue weighted by molar-refractivity contribution is 7.80. The van der Waals surface area contributed by atoms with Crippen molar-refractivity contribution in [3.63, 3.8) is 0 Å². The molecule has 0 saturated heterocycles. The van der Waals surface area contributed by atoms with Gasteiger partial charge in [-0.1, -0.05) is 20.8 Å². The van der Waals surface area contributed by atoms with E-state index in [4.69, 9.17) is 12.2 Å². The first-order chi connectivity index (χ1) is 7.54. The average molecular weight is 241 g/mol. The van der Waals surface area contributed by atoms with Crippen LogP contribution >= 0.6 is 12.2 Å². The molecule has 4 heteroatoms. The standard InChI is InChI=1S/C12H23N3S/c1-8(2)10-6-5-9(3)7-11(10)14-15-12(16)13-4/h8-10H,5-7H2,1-4H3,(H2,13,15,16)/b14-11-/t9-,10+/m1/s1. The number of hydrogen-bond donors (Lipinski definition) is 2. The summed E-state index contributed by atoms with van der Waals surface area (Å²) in [7, 11) is 1.80. The van der Waals surface area contributed by atoms with E-state index in [0.717, 1.165) is 12.3 Å². The van der Waals surface area contributed by atoms with Gasteiger partial charge in [0.2, 0.25) is 0 Å². The summed E-state index contributed by atoms with van der Waals surface area (Å²) >= 11 is 5.03. The maximum Gasteiger partial charge on any atom is 0.186 e. The van der Waals surface area contributed by atoms with E-state index in [1.165, 1.54) is 18.6 Å². The van der Waals surface area contributed by atoms with Gasteiger partial charge >= 0.3 is 0 Å². The monoisotopic (exact) mass is 241 g/mol. The maximum absolute atomic E-state index is 5.03. The third-order valence-corrected chi connectivity index (χ3v) is 3.58. The zero-order valence-electron chi connectivity index (χ0n) is 10.7. The Kier molecular flexibility index (Phi) is 5.19. The molecule has 3 nitrogen and oxygen atoms in total. The number of nitrogens with one attached hydrogen (secondary N) is 2. The van der Waals surface area contributed by atoms with Crippen LogP contribution in [0.15, 0.2) is 5.10 Å². The first-order valence-corrected chi connectivity index (χ1v) is 6.49. The van der Waals surface area contributed by atoms with Gasteiger partial charge in [0.15, 0.2) is 5.11 Å². The van der Waals surface area contributed by atoms with Gasteiger partial charge in [-0.05, 0) is 43.3 Å². The van der Waals surface area contributed by atoms with Gasteiger partial charge in [0, 0.05) is 18.7 Å². The van der Waals surface area contributed by atoms with Crippen molar-refractivity contribution in [2.45, 2.75) is 40.0 Å². The number of hydrazone groups is 1. The van der Waals surface area contributed by atoms with Crippen molar-refractivity contribution >= 4 is 23.0 Å². The van der Waals surface area contributed by atoms with Gasteiger partial charge < -0.3 is 5.32 Å². The number of rotatable bonds is 2. The minimum absolute atomic E-state index is 0.591. The summed E-state index contributed by atoms with van der Waals surface area (Å²) in [4.78, 5) is 0. The fourth-order valence-electron chi connectivity index (χ4n) is 2.27. The van der Waals surface area contributed by atoms with Crippen molar-refractivity contribution in [2.24, 2.45) is 22.9 Å². The summed E-state index contributed by atoms with van der Waals surface area (Å²) in [5.74, 6) is 2.03. The molecule has 0 spiro atoms. The highest BCUT2D eigenvalue weighted by atomic mass is 32.1. The van der Waals surface area contributed by atoms with Crippen LogP contribution in [-0.2, 0) is 0 Å². The zero-order valence-corrected chi connectivity index (χ0v) is 11.5. The van der Waals surface area contributed by atoms with Gasteiger partial charge in [-0.25, -0.2) is 0 Å². The molecule has 92 valence electrons. The van der Waals surface area contributed by atoms with E-state index < -0.39 is 0 Å². The van der Waals surface area contributed by atoms with Crippen molar-refractivity contribution in [2.75, 3.05) is 7.05 Å². The average Bonchev–Trinajstić information content (AvgIpc) is 2.25. The van der Waals surface area contributed by atoms with Crippen molar-refractivity contribution in [1.29, 1.82) is 0 Å². The fourth-order valence-corrected chi connectivity index (χ4v) is 2.31. The van der Waals surface area contributed by atoms with Crippen LogP contribution < -0.4 is 10.7 Å². The molecular weight excluding hydrogens is 218 g/mol. The lowest BCUT2D eigenvalue weighted by atomic mass is 9.76. The molecule has 16 heavy (non-hydrogen) atoms. The number of nitrogens with zero attached hydrogens (tertiary/aromatic N) is 1. The van der Waals surface area contributed by atoms with Crippen LogP contribution in [0.3, 0.4) is 0 Å². The van der Waals surface area contributed by atoms with Crippen LogP contribution in [0.5, 0.6) is 0 Å². The molecule has 0 amide bonds. The van der Waals surface area contributed by atoms with Crippen molar-refractivity contribution in [3.8, 4) is 0 Å². The van der Waals surface area contributed by atoms with Gasteiger partial charge in [-0.2, -0.15) is 5.10 Å². The molecular formula is C12H23N3S. The Morgan fingerprint density at radius 2 is 2.12 bits per heavy atom. The van der Waals surface area contributed by atoms with E-state index in [1.54, 1.807) is 7.05 Å². The van der Waals surface area contributed by atoms with E-state index >= 15 is 0 Å². The minimum atomic E-state index is 0.591. The molecule has 2 N–H and O–H groups in total. The largest absolute Gasteiger partial charge is 0.364 e. The van der Waals surface area contributed by atoms with Crippen molar-refractivity contribution in [3.05, 3.63) is 0 Å². The molecule has 0 aromatic carbocycles. The Hall–Kier alpha value is -0.640. The van der Waals surface area contributed by atoms with Crippen LogP contribution in [0.4, 0.5) is 0 Å². The first kappa shape index (κ1) is 13.4. The van der Waals surface area contributed by atoms with E-state index in [9.17, 15) is 0 Å². The normalized spacial score (nSPS) is 28.2. The third-order valence-electron chi connectivity index (χ3n) is 3.29. The summed E-state index contributed by atoms with van der Waals surface area (Å²) < 4.78 is 0. The van der Waals surface area contributed by atoms with Crippen molar-refractivity contribution < 1.29 is 0 Å². The lowest BCUT2D eigenvalue weighted by Gasteiger charge is -2.30. The molecule has 1 aliphatic rings. The third kappa shape index (κ3) is 3.74. The van der Waals surface area contributed by atoms with Crippen LogP contribution in [0.1, 0.15) is 40.0 Å². The Morgan fingerprint density at radius 3 is 2.69 bits per heavy atom. The van der Waals surface area contributed by atoms with Crippen LogP contribution in [-0.4, -0.2) is 17.9 Å². The number of hydrogen-bond acceptors (Lipinski definition) is 2. The van der Waals surface area contributed by atoms with Crippen LogP contribution in [0, 0.1) is 17.8 Å². The fraction of sp³-hybridized carbons (Fsp3) is 0.833. The molecule has 1 rings (SSSR count). The van der Waals surface area contributed by atoms with Crippen LogP contribution in [0.25, 0.3) is 0 Å². The van der Waals surface area contributed by atoms with E-state index in [2.05, 4.69) is 36.6 Å². The molecule has 0 bridgehead atoms. The lowest BCUT2D eigenvalue weighted by molar-refractivity contribution is 0.363. The quantitative estimate of drug-likeness (QED) is 0.576. The molecule has 0 heterocycles. The molecule has 0 unspecified atom stereocenters. The van der Waals surface area contributed by atoms with Gasteiger partial charge in [0.05, 0.1) is 0 Å². The highest BCUT2D eigenvalue weighted by Gasteiger charge is 2.26. The predicted octanol–water partition coefficient (Wildman–Crippen LogP) is 2.53. The maximum atomic E-state index is 5.03.